The molecule has 0 unspecified atom stereocenters. The van der Waals surface area contributed by atoms with Gasteiger partial charge >= 0.3 is 0 Å². The summed E-state index contributed by atoms with van der Waals surface area (Å²) in [4.78, 5) is 34.1. The number of imidazole rings is 1. The second kappa shape index (κ2) is 6.51. The minimum atomic E-state index is 0.0170. The molecule has 1 aromatic heterocycles. The normalized spacial score (nSPS) is 14.5. The van der Waals surface area contributed by atoms with Gasteiger partial charge in [-0.25, -0.2) is 4.98 Å². The van der Waals surface area contributed by atoms with Crippen LogP contribution in [0.1, 0.15) is 34.9 Å². The first-order valence-electron chi connectivity index (χ1n) is 8.51. The maximum atomic E-state index is 12.3. The molecule has 1 N–H and O–H groups in total. The number of aromatic amines is 1. The number of likely N-dealkylation sites (tertiary alicyclic amines) is 1. The van der Waals surface area contributed by atoms with Gasteiger partial charge in [-0.1, -0.05) is 42.5 Å². The molecule has 126 valence electrons. The van der Waals surface area contributed by atoms with Crippen LogP contribution in [0.4, 0.5) is 0 Å². The van der Waals surface area contributed by atoms with Gasteiger partial charge in [0, 0.05) is 31.5 Å². The lowest BCUT2D eigenvalue weighted by Gasteiger charge is -2.38. The molecule has 1 amide bonds. The number of benzene rings is 2. The Morgan fingerprint density at radius 1 is 1.00 bits per heavy atom. The molecule has 1 aliphatic rings. The Hall–Kier alpha value is -2.95. The van der Waals surface area contributed by atoms with Gasteiger partial charge in [0.25, 0.3) is 0 Å². The molecular weight excluding hydrogens is 314 g/mol. The van der Waals surface area contributed by atoms with Crippen LogP contribution in [0.5, 0.6) is 0 Å². The number of carbonyl (C=O) groups excluding carboxylic acids is 2. The van der Waals surface area contributed by atoms with Crippen LogP contribution in [-0.2, 0) is 4.79 Å². The van der Waals surface area contributed by atoms with E-state index in [1.54, 1.807) is 17.0 Å². The van der Waals surface area contributed by atoms with E-state index in [0.29, 0.717) is 18.7 Å². The molecule has 1 fully saturated rings. The van der Waals surface area contributed by atoms with E-state index in [1.165, 1.54) is 0 Å². The summed E-state index contributed by atoms with van der Waals surface area (Å²) in [6, 6.07) is 17.0. The summed E-state index contributed by atoms with van der Waals surface area (Å²) in [5.74, 6) is 1.24. The number of aromatic nitrogens is 2. The number of hydrogen-bond acceptors (Lipinski definition) is 3. The van der Waals surface area contributed by atoms with Crippen LogP contribution in [0.15, 0.2) is 54.6 Å². The first kappa shape index (κ1) is 15.6. The molecule has 0 radical (unpaired) electrons. The van der Waals surface area contributed by atoms with E-state index in [4.69, 9.17) is 0 Å². The smallest absolute Gasteiger partial charge is 0.223 e. The Bertz CT molecular complexity index is 878. The molecule has 1 saturated heterocycles. The molecule has 0 saturated carbocycles. The summed E-state index contributed by atoms with van der Waals surface area (Å²) in [7, 11) is 0. The number of carbonyl (C=O) groups is 2. The largest absolute Gasteiger partial charge is 0.342 e. The fraction of sp³-hybridized carbons (Fsp3) is 0.250. The standard InChI is InChI=1S/C20H19N3O2/c24-18(14-6-2-1-3-7-14)10-11-19(25)23-12-15(13-23)20-21-16-8-4-5-9-17(16)22-20/h1-9,15H,10-13H2,(H,21,22). The minimum absolute atomic E-state index is 0.0170. The summed E-state index contributed by atoms with van der Waals surface area (Å²) in [6.45, 7) is 1.33. The third-order valence-corrected chi connectivity index (χ3v) is 4.69. The van der Waals surface area contributed by atoms with Gasteiger partial charge in [-0.3, -0.25) is 9.59 Å². The average molecular weight is 333 g/mol. The van der Waals surface area contributed by atoms with Crippen LogP contribution in [-0.4, -0.2) is 39.6 Å². The van der Waals surface area contributed by atoms with E-state index in [0.717, 1.165) is 16.9 Å². The number of H-pyrrole nitrogens is 1. The number of nitrogens with zero attached hydrogens (tertiary/aromatic N) is 2. The van der Waals surface area contributed by atoms with Gasteiger partial charge in [-0.2, -0.15) is 0 Å². The van der Waals surface area contributed by atoms with Crippen LogP contribution in [0.25, 0.3) is 11.0 Å². The van der Waals surface area contributed by atoms with Crippen LogP contribution in [0.2, 0.25) is 0 Å². The highest BCUT2D eigenvalue weighted by Crippen LogP contribution is 2.27. The second-order valence-electron chi connectivity index (χ2n) is 6.42. The summed E-state index contributed by atoms with van der Waals surface area (Å²) in [6.07, 6.45) is 0.523. The molecular formula is C20H19N3O2. The Morgan fingerprint density at radius 2 is 1.72 bits per heavy atom. The quantitative estimate of drug-likeness (QED) is 0.729. The molecule has 5 heteroatoms. The van der Waals surface area contributed by atoms with Gasteiger partial charge in [0.15, 0.2) is 5.78 Å². The minimum Gasteiger partial charge on any atom is -0.342 e. The second-order valence-corrected chi connectivity index (χ2v) is 6.42. The molecule has 4 rings (SSSR count). The maximum absolute atomic E-state index is 12.3. The summed E-state index contributed by atoms with van der Waals surface area (Å²) < 4.78 is 0. The fourth-order valence-electron chi connectivity index (χ4n) is 3.17. The van der Waals surface area contributed by atoms with Crippen LogP contribution in [0.3, 0.4) is 0 Å². The van der Waals surface area contributed by atoms with Crippen molar-refractivity contribution in [2.45, 2.75) is 18.8 Å². The summed E-state index contributed by atoms with van der Waals surface area (Å²) in [5, 5.41) is 0. The zero-order valence-electron chi connectivity index (χ0n) is 13.8. The van der Waals surface area contributed by atoms with E-state index in [1.807, 2.05) is 42.5 Å². The Morgan fingerprint density at radius 3 is 2.48 bits per heavy atom. The van der Waals surface area contributed by atoms with Crippen molar-refractivity contribution in [3.63, 3.8) is 0 Å². The molecule has 0 spiro atoms. The average Bonchev–Trinajstić information content (AvgIpc) is 3.02. The number of para-hydroxylation sites is 2. The van der Waals surface area contributed by atoms with Crippen molar-refractivity contribution in [2.75, 3.05) is 13.1 Å². The molecule has 1 aliphatic heterocycles. The van der Waals surface area contributed by atoms with Crippen molar-refractivity contribution in [1.82, 2.24) is 14.9 Å². The van der Waals surface area contributed by atoms with E-state index < -0.39 is 0 Å². The predicted molar refractivity (Wildman–Crippen MR) is 95.4 cm³/mol. The summed E-state index contributed by atoms with van der Waals surface area (Å²) in [5.41, 5.74) is 2.64. The highest BCUT2D eigenvalue weighted by atomic mass is 16.2. The number of amides is 1. The number of hydrogen-bond donors (Lipinski definition) is 1. The van der Waals surface area contributed by atoms with E-state index in [9.17, 15) is 9.59 Å². The third kappa shape index (κ3) is 3.18. The number of rotatable bonds is 5. The maximum Gasteiger partial charge on any atom is 0.223 e. The van der Waals surface area contributed by atoms with Gasteiger partial charge in [-0.05, 0) is 12.1 Å². The molecule has 0 atom stereocenters. The third-order valence-electron chi connectivity index (χ3n) is 4.69. The predicted octanol–water partition coefficient (Wildman–Crippen LogP) is 3.15. The zero-order valence-corrected chi connectivity index (χ0v) is 13.8. The van der Waals surface area contributed by atoms with E-state index in [2.05, 4.69) is 9.97 Å². The fourth-order valence-corrected chi connectivity index (χ4v) is 3.17. The van der Waals surface area contributed by atoms with Gasteiger partial charge < -0.3 is 9.88 Å². The molecule has 0 aliphatic carbocycles. The zero-order chi connectivity index (χ0) is 17.2. The molecule has 2 heterocycles. The molecule has 3 aromatic rings. The molecule has 2 aromatic carbocycles. The Labute approximate surface area is 145 Å². The van der Waals surface area contributed by atoms with Crippen molar-refractivity contribution in [3.05, 3.63) is 66.0 Å². The summed E-state index contributed by atoms with van der Waals surface area (Å²) >= 11 is 0. The van der Waals surface area contributed by atoms with Crippen molar-refractivity contribution in [2.24, 2.45) is 0 Å². The Kier molecular flexibility index (Phi) is 4.06. The lowest BCUT2D eigenvalue weighted by Crippen LogP contribution is -2.48. The van der Waals surface area contributed by atoms with Crippen molar-refractivity contribution >= 4 is 22.7 Å². The van der Waals surface area contributed by atoms with E-state index >= 15 is 0 Å². The SMILES string of the molecule is O=C(CCC(=O)N1CC(c2nc3ccccc3[nH]2)C1)c1ccccc1. The van der Waals surface area contributed by atoms with Gasteiger partial charge in [0.05, 0.1) is 17.0 Å². The number of Topliss-reactive ketones (excluding diaryl/α,β-unsaturated/α-hetero) is 1. The number of nitrogens with one attached hydrogen (secondary N) is 1. The Balaban J connectivity index is 1.30. The molecule has 0 bridgehead atoms. The highest BCUT2D eigenvalue weighted by molar-refractivity contribution is 5.98. The first-order chi connectivity index (χ1) is 12.2. The van der Waals surface area contributed by atoms with Gasteiger partial charge in [0.2, 0.25) is 5.91 Å². The lowest BCUT2D eigenvalue weighted by atomic mass is 9.98. The first-order valence-corrected chi connectivity index (χ1v) is 8.51. The van der Waals surface area contributed by atoms with Crippen molar-refractivity contribution in [1.29, 1.82) is 0 Å². The monoisotopic (exact) mass is 333 g/mol. The van der Waals surface area contributed by atoms with Crippen LogP contribution < -0.4 is 0 Å². The van der Waals surface area contributed by atoms with E-state index in [-0.39, 0.29) is 30.4 Å². The topological polar surface area (TPSA) is 66.1 Å². The number of ketones is 1. The highest BCUT2D eigenvalue weighted by Gasteiger charge is 2.33. The van der Waals surface area contributed by atoms with Gasteiger partial charge in [-0.15, -0.1) is 0 Å². The lowest BCUT2D eigenvalue weighted by molar-refractivity contribution is -0.135. The molecule has 5 nitrogen and oxygen atoms in total. The number of fused-ring (bicyclic) bond motifs is 1. The van der Waals surface area contributed by atoms with Gasteiger partial charge in [0.1, 0.15) is 5.82 Å². The van der Waals surface area contributed by atoms with Crippen molar-refractivity contribution in [3.8, 4) is 0 Å². The van der Waals surface area contributed by atoms with Crippen LogP contribution >= 0.6 is 0 Å². The molecule has 25 heavy (non-hydrogen) atoms. The van der Waals surface area contributed by atoms with Crippen molar-refractivity contribution < 1.29 is 9.59 Å². The van der Waals surface area contributed by atoms with Crippen LogP contribution in [0, 0.1) is 0 Å².